The molecule has 0 N–H and O–H groups in total. The van der Waals surface area contributed by atoms with Gasteiger partial charge in [-0.2, -0.15) is 0 Å². The van der Waals surface area contributed by atoms with E-state index in [1.165, 1.54) is 10.0 Å². The van der Waals surface area contributed by atoms with Gasteiger partial charge in [-0.1, -0.05) is 0 Å². The minimum atomic E-state index is 0. The molecule has 4 heteroatoms. The van der Waals surface area contributed by atoms with Crippen molar-refractivity contribution in [1.82, 2.24) is 4.90 Å². The largest absolute Gasteiger partial charge is 2.00 e. The smallest absolute Gasteiger partial charge is 0.231 e. The van der Waals surface area contributed by atoms with Crippen LogP contribution in [0.25, 0.3) is 0 Å². The summed E-state index contributed by atoms with van der Waals surface area (Å²) in [6.45, 7) is 2.23. The second-order valence-corrected chi connectivity index (χ2v) is 6.95. The molecule has 1 aromatic carbocycles. The third kappa shape index (κ3) is 6.05. The van der Waals surface area contributed by atoms with E-state index in [1.807, 2.05) is 31.4 Å². The molecular weight excluding hydrogens is 397 g/mol. The zero-order valence-electron chi connectivity index (χ0n) is 10.8. The van der Waals surface area contributed by atoms with E-state index in [0.717, 1.165) is 0 Å². The van der Waals surface area contributed by atoms with Crippen molar-refractivity contribution in [2.45, 2.75) is 13.0 Å². The molecule has 0 fully saturated rings. The van der Waals surface area contributed by atoms with Crippen molar-refractivity contribution in [1.29, 1.82) is 0 Å². The van der Waals surface area contributed by atoms with Gasteiger partial charge in [0.15, 0.2) is 0 Å². The third-order valence-corrected chi connectivity index (χ3v) is 5.61. The van der Waals surface area contributed by atoms with Gasteiger partial charge >= 0.3 is 105 Å². The normalized spacial score (nSPS) is 14.5. The molecule has 0 spiro atoms. The van der Waals surface area contributed by atoms with Gasteiger partial charge in [-0.3, -0.25) is 0 Å². The van der Waals surface area contributed by atoms with Crippen LogP contribution >= 0.6 is 14.1 Å². The topological polar surface area (TPSA) is 3.24 Å². The average Bonchev–Trinajstić information content (AvgIpc) is 3.01. The van der Waals surface area contributed by atoms with Gasteiger partial charge in [-0.25, -0.2) is 18.6 Å². The van der Waals surface area contributed by atoms with E-state index >= 15 is 0 Å². The predicted molar refractivity (Wildman–Crippen MR) is 80.5 cm³/mol. The maximum absolute atomic E-state index is 3.55. The second-order valence-electron chi connectivity index (χ2n) is 4.02. The van der Waals surface area contributed by atoms with Gasteiger partial charge < -0.3 is 0 Å². The molecule has 0 heterocycles. The Morgan fingerprint density at radius 1 is 1.39 bits per heavy atom. The van der Waals surface area contributed by atoms with Crippen LogP contribution in [0.4, 0.5) is 0 Å². The Bertz CT molecular complexity index is 343. The number of hydrogen-bond acceptors (Lipinski definition) is 1. The summed E-state index contributed by atoms with van der Waals surface area (Å²) >= 11 is 3.99. The molecular formula is C14H18BrFeNSe. The van der Waals surface area contributed by atoms with Crippen LogP contribution in [0.2, 0.25) is 0 Å². The van der Waals surface area contributed by atoms with Gasteiger partial charge in [0, 0.05) is 0 Å². The van der Waals surface area contributed by atoms with E-state index in [2.05, 4.69) is 58.2 Å². The summed E-state index contributed by atoms with van der Waals surface area (Å²) in [5, 5.41) is 0. The Balaban J connectivity index is 0.000000405. The first-order chi connectivity index (χ1) is 8.16. The van der Waals surface area contributed by atoms with Gasteiger partial charge in [-0.05, 0) is 0 Å². The van der Waals surface area contributed by atoms with Crippen LogP contribution in [-0.4, -0.2) is 32.1 Å². The van der Waals surface area contributed by atoms with Crippen LogP contribution in [0.3, 0.4) is 0 Å². The molecule has 18 heavy (non-hydrogen) atoms. The Morgan fingerprint density at radius 3 is 2.50 bits per heavy atom. The molecule has 1 aromatic rings. The fraction of sp³-hybridized carbons (Fsp3) is 0.286. The van der Waals surface area contributed by atoms with E-state index in [1.54, 1.807) is 0 Å². The zero-order valence-corrected chi connectivity index (χ0v) is 15.2. The molecule has 1 nitrogen and oxygen atoms in total. The van der Waals surface area contributed by atoms with Crippen molar-refractivity contribution in [3.05, 3.63) is 55.2 Å². The van der Waals surface area contributed by atoms with Crippen molar-refractivity contribution in [2.24, 2.45) is 0 Å². The molecule has 0 aromatic heterocycles. The monoisotopic (exact) mass is 415 g/mol. The van der Waals surface area contributed by atoms with Crippen LogP contribution in [0.1, 0.15) is 18.5 Å². The Hall–Kier alpha value is 0.439. The van der Waals surface area contributed by atoms with Crippen LogP contribution in [0, 0.1) is 19.3 Å². The standard InChI is InChI=1S/C9H13BrNSe.C5H5.Fe/c1-7(11(2)3)8-5-4-6-9(8)12-10;1-2-4-5-3-1;/h4-7H,1-3H3;1-5H;/q2*-1;+2/t7-;;/m1../s1. The number of hydrogen-bond donors (Lipinski definition) is 0. The van der Waals surface area contributed by atoms with Gasteiger partial charge in [0.05, 0.1) is 0 Å². The summed E-state index contributed by atoms with van der Waals surface area (Å²) in [6.07, 6.45) is 10.0. The summed E-state index contributed by atoms with van der Waals surface area (Å²) in [4.78, 5) is 2.23. The number of halogens is 1. The summed E-state index contributed by atoms with van der Waals surface area (Å²) < 4.78 is 1.46. The Kier molecular flexibility index (Phi) is 10.5. The maximum atomic E-state index is 3.55. The minimum absolute atomic E-state index is 0. The van der Waals surface area contributed by atoms with Crippen molar-refractivity contribution < 1.29 is 17.1 Å². The van der Waals surface area contributed by atoms with Gasteiger partial charge in [0.25, 0.3) is 0 Å². The first-order valence-corrected chi connectivity index (χ1v) is 10.4. The number of rotatable bonds is 3. The summed E-state index contributed by atoms with van der Waals surface area (Å²) in [7, 11) is 4.23. The third-order valence-electron chi connectivity index (χ3n) is 2.67. The van der Waals surface area contributed by atoms with Crippen molar-refractivity contribution >= 4 is 31.7 Å². The second kappa shape index (κ2) is 10.3. The molecule has 0 saturated carbocycles. The SMILES string of the molecule is C[C@H](c1cc[cH-]c1[Se]Br)N(C)C.[CH]1[CH][CH-]C=C1.[Fe+2]. The predicted octanol–water partition coefficient (Wildman–Crippen LogP) is 2.83. The molecule has 0 bridgehead atoms. The molecule has 1 aliphatic carbocycles. The zero-order chi connectivity index (χ0) is 12.7. The first kappa shape index (κ1) is 18.4. The Morgan fingerprint density at radius 2 is 2.11 bits per heavy atom. The summed E-state index contributed by atoms with van der Waals surface area (Å²) in [6, 6.07) is 7.07. The van der Waals surface area contributed by atoms with E-state index in [-0.39, 0.29) is 17.1 Å². The van der Waals surface area contributed by atoms with Crippen LogP contribution in [0.15, 0.2) is 30.4 Å². The van der Waals surface area contributed by atoms with E-state index in [4.69, 9.17) is 0 Å². The average molecular weight is 415 g/mol. The Labute approximate surface area is 135 Å². The molecule has 1 aliphatic rings. The molecule has 0 saturated heterocycles. The first-order valence-electron chi connectivity index (χ1n) is 5.54. The van der Waals surface area contributed by atoms with Gasteiger partial charge in [0.1, 0.15) is 0 Å². The van der Waals surface area contributed by atoms with Crippen molar-refractivity contribution in [2.75, 3.05) is 14.1 Å². The molecule has 1 atom stereocenters. The van der Waals surface area contributed by atoms with Crippen LogP contribution in [-0.2, 0) is 17.1 Å². The van der Waals surface area contributed by atoms with Crippen LogP contribution in [0.5, 0.6) is 0 Å². The van der Waals surface area contributed by atoms with E-state index in [0.29, 0.717) is 19.2 Å². The quantitative estimate of drug-likeness (QED) is 0.543. The molecule has 0 unspecified atom stereocenters. The molecule has 2 radical (unpaired) electrons. The fourth-order valence-corrected chi connectivity index (χ4v) is 3.92. The summed E-state index contributed by atoms with van der Waals surface area (Å²) in [5.41, 5.74) is 1.46. The number of nitrogens with zero attached hydrogens (tertiary/aromatic N) is 1. The fourth-order valence-electron chi connectivity index (χ4n) is 1.43. The van der Waals surface area contributed by atoms with Crippen molar-refractivity contribution in [3.8, 4) is 0 Å². The minimum Gasteiger partial charge on any atom is -0.231 e. The van der Waals surface area contributed by atoms with Gasteiger partial charge in [0.2, 0.25) is 0 Å². The van der Waals surface area contributed by atoms with Crippen LogP contribution < -0.4 is 4.46 Å². The van der Waals surface area contributed by atoms with Crippen molar-refractivity contribution in [3.63, 3.8) is 0 Å². The molecule has 0 amide bonds. The molecule has 0 aliphatic heterocycles. The molecule has 100 valence electrons. The molecule has 2 rings (SSSR count). The van der Waals surface area contributed by atoms with E-state index in [9.17, 15) is 0 Å². The van der Waals surface area contributed by atoms with E-state index < -0.39 is 0 Å². The summed E-state index contributed by atoms with van der Waals surface area (Å²) in [5.74, 6) is 0. The maximum Gasteiger partial charge on any atom is 2.00 e. The number of allylic oxidation sites excluding steroid dienone is 2. The van der Waals surface area contributed by atoms with Gasteiger partial charge in [-0.15, -0.1) is 12.8 Å².